The summed E-state index contributed by atoms with van der Waals surface area (Å²) in [5.74, 6) is 1.94. The highest BCUT2D eigenvalue weighted by molar-refractivity contribution is 7.20. The number of thiophene rings is 1. The van der Waals surface area contributed by atoms with Gasteiger partial charge in [0.15, 0.2) is 5.06 Å². The third-order valence-corrected chi connectivity index (χ3v) is 7.73. The van der Waals surface area contributed by atoms with Gasteiger partial charge in [-0.05, 0) is 42.4 Å². The molecule has 1 saturated heterocycles. The van der Waals surface area contributed by atoms with Gasteiger partial charge in [-0.15, -0.1) is 0 Å². The van der Waals surface area contributed by atoms with Gasteiger partial charge >= 0.3 is 5.69 Å². The predicted octanol–water partition coefficient (Wildman–Crippen LogP) is 2.48. The molecule has 30 heavy (non-hydrogen) atoms. The van der Waals surface area contributed by atoms with Crippen molar-refractivity contribution in [3.8, 4) is 10.8 Å². The predicted molar refractivity (Wildman–Crippen MR) is 117 cm³/mol. The zero-order valence-electron chi connectivity index (χ0n) is 17.1. The van der Waals surface area contributed by atoms with Crippen molar-refractivity contribution in [3.63, 3.8) is 0 Å². The minimum absolute atomic E-state index is 0.240. The van der Waals surface area contributed by atoms with E-state index >= 15 is 0 Å². The van der Waals surface area contributed by atoms with Crippen molar-refractivity contribution in [2.24, 2.45) is 5.92 Å². The van der Waals surface area contributed by atoms with Crippen LogP contribution in [-0.4, -0.2) is 36.4 Å². The number of fused-ring (bicyclic) bond motifs is 4. The summed E-state index contributed by atoms with van der Waals surface area (Å²) in [7, 11) is 3.29. The maximum absolute atomic E-state index is 12.9. The molecule has 2 aliphatic rings. The number of methoxy groups -OCH3 is 2. The Hall–Kier alpha value is -2.58. The second-order valence-corrected chi connectivity index (χ2v) is 9.05. The summed E-state index contributed by atoms with van der Waals surface area (Å²) in [6.07, 6.45) is 2.83. The molecule has 2 aromatic heterocycles. The smallest absolute Gasteiger partial charge is 0.328 e. The largest absolute Gasteiger partial charge is 0.496 e. The standard InChI is InChI=1S/C22H25N3O4S/c1-28-18-5-3-4-12-14(18)7-6-13-15(12)11-23-16(13)8-9-25-21(26)20-17(24-22(25)27)10-19(29-2)30-20/h3-5,10,13,15-16,23H,6-9,11H2,1-2H3,(H,24,27)/t13-,15-,16?/m0/s1. The third kappa shape index (κ3) is 3.06. The molecular formula is C22H25N3O4S. The molecular weight excluding hydrogens is 402 g/mol. The van der Waals surface area contributed by atoms with E-state index in [-0.39, 0.29) is 17.3 Å². The first-order valence-electron chi connectivity index (χ1n) is 10.3. The average Bonchev–Trinajstić information content (AvgIpc) is 3.37. The van der Waals surface area contributed by atoms with Gasteiger partial charge in [0.05, 0.1) is 19.7 Å². The van der Waals surface area contributed by atoms with Gasteiger partial charge in [0.25, 0.3) is 5.56 Å². The molecule has 1 unspecified atom stereocenters. The molecule has 1 aromatic carbocycles. The van der Waals surface area contributed by atoms with Crippen LogP contribution in [-0.2, 0) is 13.0 Å². The Morgan fingerprint density at radius 1 is 1.23 bits per heavy atom. The summed E-state index contributed by atoms with van der Waals surface area (Å²) in [6.45, 7) is 1.32. The van der Waals surface area contributed by atoms with Crippen LogP contribution in [0, 0.1) is 5.92 Å². The number of rotatable bonds is 5. The zero-order valence-corrected chi connectivity index (χ0v) is 17.9. The lowest BCUT2D eigenvalue weighted by molar-refractivity contribution is 0.337. The highest BCUT2D eigenvalue weighted by Crippen LogP contribution is 2.44. The average molecular weight is 428 g/mol. The first-order valence-corrected chi connectivity index (χ1v) is 11.1. The molecule has 7 nitrogen and oxygen atoms in total. The molecule has 1 aliphatic carbocycles. The second-order valence-electron chi connectivity index (χ2n) is 8.04. The van der Waals surface area contributed by atoms with Gasteiger partial charge in [0.1, 0.15) is 10.4 Å². The van der Waals surface area contributed by atoms with Crippen molar-refractivity contribution >= 4 is 21.6 Å². The highest BCUT2D eigenvalue weighted by Gasteiger charge is 2.40. The van der Waals surface area contributed by atoms with E-state index in [2.05, 4.69) is 22.4 Å². The SMILES string of the molecule is COc1cc2[nH]c(=O)n(CCC3NC[C@H]4c5cccc(OC)c5CC[C@H]34)c(=O)c2s1. The van der Waals surface area contributed by atoms with E-state index in [4.69, 9.17) is 9.47 Å². The Kier molecular flexibility index (Phi) is 4.91. The lowest BCUT2D eigenvalue weighted by Gasteiger charge is -2.31. The summed E-state index contributed by atoms with van der Waals surface area (Å²) in [5.41, 5.74) is 2.65. The van der Waals surface area contributed by atoms with E-state index in [1.807, 2.05) is 6.07 Å². The molecule has 0 radical (unpaired) electrons. The number of ether oxygens (including phenoxy) is 2. The highest BCUT2D eigenvalue weighted by atomic mass is 32.1. The number of benzene rings is 1. The van der Waals surface area contributed by atoms with Gasteiger partial charge in [0, 0.05) is 31.1 Å². The quantitative estimate of drug-likeness (QED) is 0.653. The van der Waals surface area contributed by atoms with Gasteiger partial charge in [-0.1, -0.05) is 23.5 Å². The van der Waals surface area contributed by atoms with E-state index in [1.165, 1.54) is 27.0 Å². The van der Waals surface area contributed by atoms with E-state index < -0.39 is 0 Å². The molecule has 1 aliphatic heterocycles. The van der Waals surface area contributed by atoms with Crippen LogP contribution >= 0.6 is 11.3 Å². The number of H-pyrrole nitrogens is 1. The van der Waals surface area contributed by atoms with Gasteiger partial charge in [0.2, 0.25) is 0 Å². The maximum atomic E-state index is 12.9. The number of aromatic amines is 1. The van der Waals surface area contributed by atoms with Gasteiger partial charge < -0.3 is 19.8 Å². The van der Waals surface area contributed by atoms with Crippen molar-refractivity contribution in [1.82, 2.24) is 14.9 Å². The molecule has 5 rings (SSSR count). The molecule has 3 heterocycles. The van der Waals surface area contributed by atoms with Crippen LogP contribution < -0.4 is 26.0 Å². The first kappa shape index (κ1) is 19.4. The molecule has 0 spiro atoms. The van der Waals surface area contributed by atoms with E-state index in [9.17, 15) is 9.59 Å². The van der Waals surface area contributed by atoms with Crippen LogP contribution in [0.15, 0.2) is 33.9 Å². The Bertz CT molecular complexity index is 1210. The van der Waals surface area contributed by atoms with Crippen molar-refractivity contribution in [2.45, 2.75) is 37.8 Å². The van der Waals surface area contributed by atoms with Crippen LogP contribution in [0.25, 0.3) is 10.2 Å². The lowest BCUT2D eigenvalue weighted by atomic mass is 9.74. The number of hydrogen-bond acceptors (Lipinski definition) is 6. The van der Waals surface area contributed by atoms with Gasteiger partial charge in [-0.25, -0.2) is 4.79 Å². The fourth-order valence-corrected chi connectivity index (χ4v) is 6.09. The zero-order chi connectivity index (χ0) is 20.8. The van der Waals surface area contributed by atoms with Gasteiger partial charge in [-0.2, -0.15) is 0 Å². The Morgan fingerprint density at radius 3 is 2.90 bits per heavy atom. The van der Waals surface area contributed by atoms with Crippen LogP contribution in [0.5, 0.6) is 10.8 Å². The monoisotopic (exact) mass is 427 g/mol. The summed E-state index contributed by atoms with van der Waals surface area (Å²) >= 11 is 1.27. The van der Waals surface area contributed by atoms with Crippen molar-refractivity contribution in [1.29, 1.82) is 0 Å². The van der Waals surface area contributed by atoms with Crippen LogP contribution in [0.2, 0.25) is 0 Å². The molecule has 0 amide bonds. The Labute approximate surface area is 177 Å². The molecule has 2 N–H and O–H groups in total. The maximum Gasteiger partial charge on any atom is 0.328 e. The molecule has 0 bridgehead atoms. The van der Waals surface area contributed by atoms with Crippen LogP contribution in [0.1, 0.15) is 29.9 Å². The van der Waals surface area contributed by atoms with E-state index in [0.717, 1.165) is 31.6 Å². The fourth-order valence-electron chi connectivity index (χ4n) is 5.21. The van der Waals surface area contributed by atoms with E-state index in [0.29, 0.717) is 33.7 Å². The first-order chi connectivity index (χ1) is 14.6. The summed E-state index contributed by atoms with van der Waals surface area (Å²) in [4.78, 5) is 28.2. The third-order valence-electron chi connectivity index (χ3n) is 6.65. The summed E-state index contributed by atoms with van der Waals surface area (Å²) in [5, 5.41) is 4.27. The number of aromatic nitrogens is 2. The molecule has 3 atom stereocenters. The number of nitrogens with zero attached hydrogens (tertiary/aromatic N) is 1. The minimum atomic E-state index is -0.360. The van der Waals surface area contributed by atoms with Crippen molar-refractivity contribution < 1.29 is 9.47 Å². The van der Waals surface area contributed by atoms with Crippen molar-refractivity contribution in [2.75, 3.05) is 20.8 Å². The minimum Gasteiger partial charge on any atom is -0.496 e. The molecule has 0 saturated carbocycles. The number of nitrogens with one attached hydrogen (secondary N) is 2. The summed E-state index contributed by atoms with van der Waals surface area (Å²) in [6, 6.07) is 8.30. The lowest BCUT2D eigenvalue weighted by Crippen LogP contribution is -2.38. The Balaban J connectivity index is 1.37. The van der Waals surface area contributed by atoms with Gasteiger partial charge in [-0.3, -0.25) is 9.36 Å². The normalized spacial score (nSPS) is 22.7. The molecule has 3 aromatic rings. The second kappa shape index (κ2) is 7.59. The molecule has 8 heteroatoms. The molecule has 1 fully saturated rings. The fraction of sp³-hybridized carbons (Fsp3) is 0.455. The van der Waals surface area contributed by atoms with Crippen molar-refractivity contribution in [3.05, 3.63) is 56.2 Å². The summed E-state index contributed by atoms with van der Waals surface area (Å²) < 4.78 is 12.6. The number of hydrogen-bond donors (Lipinski definition) is 2. The molecule has 158 valence electrons. The topological polar surface area (TPSA) is 85.3 Å². The van der Waals surface area contributed by atoms with Crippen LogP contribution in [0.4, 0.5) is 0 Å². The van der Waals surface area contributed by atoms with E-state index in [1.54, 1.807) is 20.3 Å². The Morgan fingerprint density at radius 2 is 2.10 bits per heavy atom. The van der Waals surface area contributed by atoms with Crippen LogP contribution in [0.3, 0.4) is 0 Å².